The molecule has 0 saturated heterocycles. The number of rotatable bonds is 2. The van der Waals surface area contributed by atoms with Crippen molar-refractivity contribution < 1.29 is 9.90 Å². The van der Waals surface area contributed by atoms with E-state index in [9.17, 15) is 4.79 Å². The van der Waals surface area contributed by atoms with Crippen molar-refractivity contribution in [2.24, 2.45) is 0 Å². The summed E-state index contributed by atoms with van der Waals surface area (Å²) in [6.45, 7) is 3.74. The molecule has 0 atom stereocenters. The molecular weight excluding hydrogens is 194 g/mol. The molecule has 5 heteroatoms. The zero-order valence-corrected chi connectivity index (χ0v) is 8.53. The largest absolute Gasteiger partial charge is 0.478 e. The molecule has 78 valence electrons. The average molecular weight is 205 g/mol. The van der Waals surface area contributed by atoms with Crippen molar-refractivity contribution in [3.8, 4) is 0 Å². The Balaban J connectivity index is 2.83. The zero-order chi connectivity index (χ0) is 11.0. The highest BCUT2D eigenvalue weighted by Crippen LogP contribution is 2.20. The minimum Gasteiger partial charge on any atom is -0.478 e. The zero-order valence-electron chi connectivity index (χ0n) is 8.53. The molecule has 2 rings (SSSR count). The molecule has 0 bridgehead atoms. The van der Waals surface area contributed by atoms with E-state index in [1.165, 1.54) is 6.20 Å². The first kappa shape index (κ1) is 9.64. The fourth-order valence-electron chi connectivity index (χ4n) is 1.66. The summed E-state index contributed by atoms with van der Waals surface area (Å²) in [5.41, 5.74) is 1.61. The van der Waals surface area contributed by atoms with Crippen molar-refractivity contribution in [1.82, 2.24) is 15.0 Å². The van der Waals surface area contributed by atoms with Crippen molar-refractivity contribution in [2.75, 3.05) is 0 Å². The summed E-state index contributed by atoms with van der Waals surface area (Å²) < 4.78 is 0. The first-order valence-corrected chi connectivity index (χ1v) is 4.71. The highest BCUT2D eigenvalue weighted by molar-refractivity contribution is 6.03. The van der Waals surface area contributed by atoms with Crippen LogP contribution in [0, 0.1) is 6.92 Å². The van der Waals surface area contributed by atoms with Crippen molar-refractivity contribution in [1.29, 1.82) is 0 Å². The van der Waals surface area contributed by atoms with Crippen LogP contribution in [-0.2, 0) is 6.42 Å². The molecule has 0 aliphatic rings. The number of aromatic amines is 1. The van der Waals surface area contributed by atoms with E-state index in [2.05, 4.69) is 15.0 Å². The first-order valence-electron chi connectivity index (χ1n) is 4.71. The Bertz CT molecular complexity index is 531. The Morgan fingerprint density at radius 2 is 2.27 bits per heavy atom. The van der Waals surface area contributed by atoms with Gasteiger partial charge in [-0.25, -0.2) is 14.8 Å². The van der Waals surface area contributed by atoms with Crippen LogP contribution in [0.5, 0.6) is 0 Å². The molecular formula is C10H11N3O2. The summed E-state index contributed by atoms with van der Waals surface area (Å²) in [4.78, 5) is 22.2. The number of aryl methyl sites for hydroxylation is 2. The van der Waals surface area contributed by atoms with Crippen molar-refractivity contribution in [2.45, 2.75) is 20.3 Å². The fraction of sp³-hybridized carbons (Fsp3) is 0.300. The number of hydrogen-bond acceptors (Lipinski definition) is 3. The van der Waals surface area contributed by atoms with Crippen LogP contribution in [0.4, 0.5) is 0 Å². The number of carboxylic acid groups (broad SMARTS) is 1. The predicted octanol–water partition coefficient (Wildman–Crippen LogP) is 1.53. The van der Waals surface area contributed by atoms with Crippen LogP contribution < -0.4 is 0 Å². The third-order valence-electron chi connectivity index (χ3n) is 2.28. The van der Waals surface area contributed by atoms with Crippen LogP contribution in [0.1, 0.15) is 28.8 Å². The van der Waals surface area contributed by atoms with E-state index < -0.39 is 5.97 Å². The molecule has 0 aliphatic carbocycles. The molecule has 2 heterocycles. The lowest BCUT2D eigenvalue weighted by atomic mass is 10.1. The second-order valence-electron chi connectivity index (χ2n) is 3.30. The summed E-state index contributed by atoms with van der Waals surface area (Å²) in [7, 11) is 0. The van der Waals surface area contributed by atoms with Crippen LogP contribution in [0.25, 0.3) is 11.0 Å². The number of aromatic carboxylic acids is 1. The van der Waals surface area contributed by atoms with E-state index >= 15 is 0 Å². The highest BCUT2D eigenvalue weighted by atomic mass is 16.4. The number of aromatic nitrogens is 3. The summed E-state index contributed by atoms with van der Waals surface area (Å²) in [5.74, 6) is -0.304. The van der Waals surface area contributed by atoms with E-state index in [1.807, 2.05) is 6.92 Å². The van der Waals surface area contributed by atoms with E-state index in [0.29, 0.717) is 23.3 Å². The third-order valence-corrected chi connectivity index (χ3v) is 2.28. The number of H-pyrrole nitrogens is 1. The van der Waals surface area contributed by atoms with Gasteiger partial charge in [0, 0.05) is 6.20 Å². The van der Waals surface area contributed by atoms with Gasteiger partial charge in [-0.05, 0) is 13.3 Å². The smallest absolute Gasteiger partial charge is 0.338 e. The molecule has 0 fully saturated rings. The lowest BCUT2D eigenvalue weighted by Gasteiger charge is -2.01. The summed E-state index contributed by atoms with van der Waals surface area (Å²) in [5, 5.41) is 9.61. The summed E-state index contributed by atoms with van der Waals surface area (Å²) >= 11 is 0. The van der Waals surface area contributed by atoms with E-state index in [1.54, 1.807) is 6.92 Å². The maximum Gasteiger partial charge on any atom is 0.338 e. The standard InChI is InChI=1S/C10H11N3O2/c1-3-7-8-6(10(14)15)4-11-9(8)13-5(2)12-7/h4H,3H2,1-2H3,(H,14,15)(H,11,12,13). The van der Waals surface area contributed by atoms with Gasteiger partial charge in [0.2, 0.25) is 0 Å². The monoisotopic (exact) mass is 205 g/mol. The molecule has 0 amide bonds. The summed E-state index contributed by atoms with van der Waals surface area (Å²) in [6, 6.07) is 0. The molecule has 0 aliphatic heterocycles. The molecule has 0 spiro atoms. The number of hydrogen-bond donors (Lipinski definition) is 2. The molecule has 0 unspecified atom stereocenters. The van der Waals surface area contributed by atoms with Gasteiger partial charge in [0.1, 0.15) is 11.5 Å². The maximum absolute atomic E-state index is 11.0. The second-order valence-corrected chi connectivity index (χ2v) is 3.30. The summed E-state index contributed by atoms with van der Waals surface area (Å²) in [6.07, 6.45) is 2.15. The van der Waals surface area contributed by atoms with Crippen LogP contribution in [0.15, 0.2) is 6.20 Å². The highest BCUT2D eigenvalue weighted by Gasteiger charge is 2.15. The maximum atomic E-state index is 11.0. The normalized spacial score (nSPS) is 10.8. The second kappa shape index (κ2) is 3.34. The Hall–Kier alpha value is -1.91. The van der Waals surface area contributed by atoms with Gasteiger partial charge >= 0.3 is 5.97 Å². The minimum absolute atomic E-state index is 0.238. The number of carboxylic acids is 1. The van der Waals surface area contributed by atoms with Crippen LogP contribution in [-0.4, -0.2) is 26.0 Å². The first-order chi connectivity index (χ1) is 7.13. The quantitative estimate of drug-likeness (QED) is 0.779. The molecule has 0 saturated carbocycles. The number of nitrogens with one attached hydrogen (secondary N) is 1. The Morgan fingerprint density at radius 1 is 1.53 bits per heavy atom. The van der Waals surface area contributed by atoms with Gasteiger partial charge in [0.25, 0.3) is 0 Å². The molecule has 2 N–H and O–H groups in total. The third kappa shape index (κ3) is 1.45. The van der Waals surface area contributed by atoms with E-state index in [-0.39, 0.29) is 5.56 Å². The Kier molecular flexibility index (Phi) is 2.15. The topological polar surface area (TPSA) is 78.9 Å². The molecule has 2 aromatic heterocycles. The van der Waals surface area contributed by atoms with Crippen LogP contribution >= 0.6 is 0 Å². The lowest BCUT2D eigenvalue weighted by Crippen LogP contribution is -2.00. The molecule has 0 aromatic carbocycles. The van der Waals surface area contributed by atoms with Crippen molar-refractivity contribution >= 4 is 17.0 Å². The molecule has 2 aromatic rings. The molecule has 0 radical (unpaired) electrons. The van der Waals surface area contributed by atoms with E-state index in [4.69, 9.17) is 5.11 Å². The van der Waals surface area contributed by atoms with Gasteiger partial charge in [-0.1, -0.05) is 6.92 Å². The van der Waals surface area contributed by atoms with Gasteiger partial charge in [-0.3, -0.25) is 0 Å². The van der Waals surface area contributed by atoms with Gasteiger partial charge in [0.15, 0.2) is 0 Å². The number of nitrogens with zero attached hydrogens (tertiary/aromatic N) is 2. The Labute approximate surface area is 86.2 Å². The predicted molar refractivity (Wildman–Crippen MR) is 55.0 cm³/mol. The van der Waals surface area contributed by atoms with Gasteiger partial charge in [-0.2, -0.15) is 0 Å². The molecule has 15 heavy (non-hydrogen) atoms. The lowest BCUT2D eigenvalue weighted by molar-refractivity contribution is 0.0699. The van der Waals surface area contributed by atoms with Crippen molar-refractivity contribution in [3.05, 3.63) is 23.3 Å². The fourth-order valence-corrected chi connectivity index (χ4v) is 1.66. The van der Waals surface area contributed by atoms with Crippen LogP contribution in [0.3, 0.4) is 0 Å². The Morgan fingerprint density at radius 3 is 2.87 bits per heavy atom. The van der Waals surface area contributed by atoms with Gasteiger partial charge in [-0.15, -0.1) is 0 Å². The van der Waals surface area contributed by atoms with Crippen molar-refractivity contribution in [3.63, 3.8) is 0 Å². The minimum atomic E-state index is -0.955. The van der Waals surface area contributed by atoms with Gasteiger partial charge < -0.3 is 10.1 Å². The van der Waals surface area contributed by atoms with E-state index in [0.717, 1.165) is 5.69 Å². The number of fused-ring (bicyclic) bond motifs is 1. The average Bonchev–Trinajstić information content (AvgIpc) is 2.59. The molecule has 5 nitrogen and oxygen atoms in total. The van der Waals surface area contributed by atoms with Gasteiger partial charge in [0.05, 0.1) is 16.6 Å². The number of carbonyl (C=O) groups is 1. The SMILES string of the molecule is CCc1nc(C)nc2[nH]cc(C(=O)O)c12. The van der Waals surface area contributed by atoms with Crippen LogP contribution in [0.2, 0.25) is 0 Å².